The average molecular weight is 378 g/mol. The summed E-state index contributed by atoms with van der Waals surface area (Å²) in [5.74, 6) is -4.51. The first kappa shape index (κ1) is 21.8. The molecule has 0 aromatic heterocycles. The van der Waals surface area contributed by atoms with E-state index in [4.69, 9.17) is 4.74 Å². The Bertz CT molecular complexity index is 509. The molecule has 0 amide bonds. The summed E-state index contributed by atoms with van der Waals surface area (Å²) in [4.78, 5) is 11.3. The molecule has 5 unspecified atom stereocenters. The topological polar surface area (TPSA) is 66.8 Å². The van der Waals surface area contributed by atoms with Gasteiger partial charge in [-0.25, -0.2) is 4.79 Å². The minimum absolute atomic E-state index is 0.327. The predicted molar refractivity (Wildman–Crippen MR) is 74.3 cm³/mol. The molecule has 1 aliphatic rings. The molecular formula is C15H20F6O4. The Morgan fingerprint density at radius 2 is 1.52 bits per heavy atom. The van der Waals surface area contributed by atoms with Gasteiger partial charge in [0.2, 0.25) is 0 Å². The van der Waals surface area contributed by atoms with Gasteiger partial charge in [-0.05, 0) is 39.0 Å². The van der Waals surface area contributed by atoms with E-state index in [-0.39, 0.29) is 12.8 Å². The molecule has 0 aliphatic heterocycles. The molecule has 0 aromatic rings. The molecule has 0 aromatic carbocycles. The van der Waals surface area contributed by atoms with Gasteiger partial charge in [0.25, 0.3) is 0 Å². The molecule has 1 saturated carbocycles. The Morgan fingerprint density at radius 1 is 1.04 bits per heavy atom. The van der Waals surface area contributed by atoms with Gasteiger partial charge in [-0.15, -0.1) is 0 Å². The van der Waals surface area contributed by atoms with Crippen LogP contribution in [0.15, 0.2) is 12.7 Å². The fraction of sp³-hybridized carbons (Fsp3) is 0.800. The quantitative estimate of drug-likeness (QED) is 0.448. The molecular weight excluding hydrogens is 358 g/mol. The highest BCUT2D eigenvalue weighted by Gasteiger charge is 2.62. The number of aliphatic hydroxyl groups is 2. The number of hydrogen-bond donors (Lipinski definition) is 2. The highest BCUT2D eigenvalue weighted by atomic mass is 19.4. The molecule has 0 heterocycles. The van der Waals surface area contributed by atoms with Crippen molar-refractivity contribution in [1.29, 1.82) is 0 Å². The van der Waals surface area contributed by atoms with Crippen LogP contribution in [0.4, 0.5) is 26.3 Å². The molecule has 25 heavy (non-hydrogen) atoms. The van der Waals surface area contributed by atoms with Crippen LogP contribution in [0.25, 0.3) is 0 Å². The van der Waals surface area contributed by atoms with Crippen LogP contribution >= 0.6 is 0 Å². The minimum atomic E-state index is -5.16. The molecule has 10 heteroatoms. The maximum Gasteiger partial charge on any atom is 0.417 e. The van der Waals surface area contributed by atoms with E-state index in [0.717, 1.165) is 0 Å². The number of rotatable bonds is 4. The molecule has 1 rings (SSSR count). The van der Waals surface area contributed by atoms with Crippen LogP contribution in [-0.2, 0) is 9.53 Å². The maximum absolute atomic E-state index is 13.2. The first-order valence-corrected chi connectivity index (χ1v) is 7.47. The monoisotopic (exact) mass is 378 g/mol. The predicted octanol–water partition coefficient (Wildman–Crippen LogP) is 3.13. The summed E-state index contributed by atoms with van der Waals surface area (Å²) in [6, 6.07) is 0. The molecule has 0 spiro atoms. The zero-order valence-corrected chi connectivity index (χ0v) is 13.6. The summed E-state index contributed by atoms with van der Waals surface area (Å²) in [5.41, 5.74) is -6.64. The standard InChI is InChI=1S/C15H20F6O4/c1-4-11(22)25-10-6-5-8(12(2,23)14(16,17)18)7-9(10)13(3,24)15(19,20)21/h4,8-10,23-24H,1,5-7H2,2-3H3. The van der Waals surface area contributed by atoms with Gasteiger partial charge in [0.1, 0.15) is 6.10 Å². The summed E-state index contributed by atoms with van der Waals surface area (Å²) in [6.45, 7) is 3.99. The number of carbonyl (C=O) groups is 1. The number of alkyl halides is 6. The average Bonchev–Trinajstić information content (AvgIpc) is 2.44. The van der Waals surface area contributed by atoms with Gasteiger partial charge >= 0.3 is 18.3 Å². The summed E-state index contributed by atoms with van der Waals surface area (Å²) >= 11 is 0. The molecule has 0 bridgehead atoms. The van der Waals surface area contributed by atoms with E-state index in [1.165, 1.54) is 0 Å². The van der Waals surface area contributed by atoms with Crippen LogP contribution in [0.1, 0.15) is 33.1 Å². The summed E-state index contributed by atoms with van der Waals surface area (Å²) in [5, 5.41) is 19.7. The highest BCUT2D eigenvalue weighted by molar-refractivity contribution is 5.81. The summed E-state index contributed by atoms with van der Waals surface area (Å²) in [6.07, 6.45) is -12.5. The maximum atomic E-state index is 13.2. The molecule has 5 atom stereocenters. The van der Waals surface area contributed by atoms with E-state index in [2.05, 4.69) is 6.58 Å². The van der Waals surface area contributed by atoms with Crippen molar-refractivity contribution >= 4 is 5.97 Å². The van der Waals surface area contributed by atoms with E-state index in [1.807, 2.05) is 0 Å². The first-order valence-electron chi connectivity index (χ1n) is 7.47. The van der Waals surface area contributed by atoms with Gasteiger partial charge in [0.15, 0.2) is 11.2 Å². The van der Waals surface area contributed by atoms with Crippen LogP contribution in [-0.4, -0.2) is 45.8 Å². The van der Waals surface area contributed by atoms with Crippen molar-refractivity contribution in [3.8, 4) is 0 Å². The van der Waals surface area contributed by atoms with Crippen LogP contribution in [0, 0.1) is 11.8 Å². The van der Waals surface area contributed by atoms with Crippen LogP contribution in [0.3, 0.4) is 0 Å². The fourth-order valence-corrected chi connectivity index (χ4v) is 3.02. The van der Waals surface area contributed by atoms with Gasteiger partial charge in [-0.3, -0.25) is 0 Å². The SMILES string of the molecule is C=CC(=O)OC1CCC(C(C)(O)C(F)(F)F)CC1C(C)(O)C(F)(F)F. The largest absolute Gasteiger partial charge is 0.459 e. The molecule has 0 radical (unpaired) electrons. The third-order valence-corrected chi connectivity index (χ3v) is 4.89. The number of esters is 1. The zero-order chi connectivity index (χ0) is 19.8. The normalized spacial score (nSPS) is 30.1. The van der Waals surface area contributed by atoms with Crippen molar-refractivity contribution in [3.63, 3.8) is 0 Å². The van der Waals surface area contributed by atoms with E-state index in [1.54, 1.807) is 0 Å². The molecule has 1 fully saturated rings. The second-order valence-corrected chi connectivity index (χ2v) is 6.59. The summed E-state index contributed by atoms with van der Waals surface area (Å²) < 4.78 is 83.3. The lowest BCUT2D eigenvalue weighted by molar-refractivity contribution is -0.304. The zero-order valence-electron chi connectivity index (χ0n) is 13.6. The Labute approximate surface area is 140 Å². The lowest BCUT2D eigenvalue weighted by atomic mass is 9.66. The van der Waals surface area contributed by atoms with Gasteiger partial charge in [0.05, 0.1) is 0 Å². The number of hydrogen-bond acceptors (Lipinski definition) is 4. The van der Waals surface area contributed by atoms with Gasteiger partial charge < -0.3 is 14.9 Å². The molecule has 146 valence electrons. The van der Waals surface area contributed by atoms with E-state index < -0.39 is 53.9 Å². The Balaban J connectivity index is 3.20. The number of ether oxygens (including phenoxy) is 1. The molecule has 2 N–H and O–H groups in total. The van der Waals surface area contributed by atoms with Crippen molar-refractivity contribution in [1.82, 2.24) is 0 Å². The van der Waals surface area contributed by atoms with Crippen molar-refractivity contribution in [2.75, 3.05) is 0 Å². The minimum Gasteiger partial charge on any atom is -0.459 e. The third kappa shape index (κ3) is 4.28. The third-order valence-electron chi connectivity index (χ3n) is 4.89. The van der Waals surface area contributed by atoms with Crippen molar-refractivity contribution < 1.29 is 46.1 Å². The Hall–Kier alpha value is -1.29. The van der Waals surface area contributed by atoms with Crippen LogP contribution in [0.5, 0.6) is 0 Å². The second-order valence-electron chi connectivity index (χ2n) is 6.59. The van der Waals surface area contributed by atoms with Gasteiger partial charge in [-0.1, -0.05) is 6.58 Å². The van der Waals surface area contributed by atoms with E-state index in [9.17, 15) is 41.4 Å². The smallest absolute Gasteiger partial charge is 0.417 e. The highest BCUT2D eigenvalue weighted by Crippen LogP contribution is 2.50. The fourth-order valence-electron chi connectivity index (χ4n) is 3.02. The van der Waals surface area contributed by atoms with Crippen molar-refractivity contribution in [3.05, 3.63) is 12.7 Å². The first-order chi connectivity index (χ1) is 11.1. The molecule has 1 aliphatic carbocycles. The summed E-state index contributed by atoms with van der Waals surface area (Å²) in [7, 11) is 0. The lowest BCUT2D eigenvalue weighted by Crippen LogP contribution is -2.59. The van der Waals surface area contributed by atoms with Crippen LogP contribution < -0.4 is 0 Å². The second kappa shape index (κ2) is 6.79. The number of carbonyl (C=O) groups excluding carboxylic acids is 1. The van der Waals surface area contributed by atoms with Gasteiger partial charge in [-0.2, -0.15) is 26.3 Å². The van der Waals surface area contributed by atoms with Crippen molar-refractivity contribution in [2.24, 2.45) is 11.8 Å². The van der Waals surface area contributed by atoms with Crippen LogP contribution in [0.2, 0.25) is 0 Å². The van der Waals surface area contributed by atoms with E-state index >= 15 is 0 Å². The molecule has 4 nitrogen and oxygen atoms in total. The molecule has 0 saturated heterocycles. The van der Waals surface area contributed by atoms with Gasteiger partial charge in [0, 0.05) is 12.0 Å². The number of halogens is 6. The lowest BCUT2D eigenvalue weighted by Gasteiger charge is -2.47. The van der Waals surface area contributed by atoms with E-state index in [0.29, 0.717) is 19.9 Å². The Morgan fingerprint density at radius 3 is 1.92 bits per heavy atom. The Kier molecular flexibility index (Phi) is 5.91. The van der Waals surface area contributed by atoms with Crippen molar-refractivity contribution in [2.45, 2.75) is 62.8 Å².